The van der Waals surface area contributed by atoms with Gasteiger partial charge in [0.2, 0.25) is 17.8 Å². The van der Waals surface area contributed by atoms with Gasteiger partial charge in [0.15, 0.2) is 0 Å². The number of piperidine rings is 1. The van der Waals surface area contributed by atoms with Crippen molar-refractivity contribution in [2.24, 2.45) is 0 Å². The Morgan fingerprint density at radius 2 is 1.78 bits per heavy atom. The largest absolute Gasteiger partial charge is 0.467 e. The topological polar surface area (TPSA) is 119 Å². The van der Waals surface area contributed by atoms with Gasteiger partial charge in [-0.15, -0.1) is 4.98 Å². The fourth-order valence-electron chi connectivity index (χ4n) is 3.71. The normalized spacial score (nSPS) is 15.1. The molecule has 1 aromatic heterocycles. The van der Waals surface area contributed by atoms with Gasteiger partial charge in [0, 0.05) is 32.5 Å². The fourth-order valence-corrected chi connectivity index (χ4v) is 3.71. The number of hydrogen-bond acceptors (Lipinski definition) is 8. The van der Waals surface area contributed by atoms with E-state index >= 15 is 0 Å². The first-order valence-electron chi connectivity index (χ1n) is 10.6. The molecule has 2 amide bonds. The fraction of sp³-hybridized carbons (Fsp3) is 0.500. The third-order valence-corrected chi connectivity index (χ3v) is 5.29. The van der Waals surface area contributed by atoms with E-state index in [1.807, 2.05) is 36.1 Å². The number of aryl methyl sites for hydroxylation is 1. The predicted molar refractivity (Wildman–Crippen MR) is 119 cm³/mol. The number of carbonyl (C=O) groups is 2. The Balaban J connectivity index is 1.60. The van der Waals surface area contributed by atoms with Crippen LogP contribution in [0.25, 0.3) is 0 Å². The van der Waals surface area contributed by atoms with Crippen LogP contribution in [0.1, 0.15) is 30.9 Å². The minimum atomic E-state index is -0.621. The summed E-state index contributed by atoms with van der Waals surface area (Å²) in [7, 11) is 2.98. The molecule has 2 N–H and O–H groups in total. The van der Waals surface area contributed by atoms with Crippen LogP contribution >= 0.6 is 0 Å². The Bertz CT molecular complexity index is 924. The van der Waals surface area contributed by atoms with Crippen LogP contribution in [-0.2, 0) is 16.0 Å². The summed E-state index contributed by atoms with van der Waals surface area (Å²) in [6.45, 7) is 4.74. The maximum Gasteiger partial charge on any atom is 0.324 e. The minimum Gasteiger partial charge on any atom is -0.467 e. The number of rotatable bonds is 8. The van der Waals surface area contributed by atoms with E-state index in [9.17, 15) is 9.59 Å². The number of benzene rings is 1. The van der Waals surface area contributed by atoms with Gasteiger partial charge in [-0.25, -0.2) is 0 Å². The van der Waals surface area contributed by atoms with Gasteiger partial charge in [-0.2, -0.15) is 9.97 Å². The maximum absolute atomic E-state index is 12.9. The van der Waals surface area contributed by atoms with Gasteiger partial charge >= 0.3 is 12.0 Å². The zero-order valence-electron chi connectivity index (χ0n) is 18.9. The van der Waals surface area contributed by atoms with Crippen LogP contribution in [0, 0.1) is 6.92 Å². The smallest absolute Gasteiger partial charge is 0.324 e. The van der Waals surface area contributed by atoms with Crippen LogP contribution < -0.4 is 25.0 Å². The predicted octanol–water partition coefficient (Wildman–Crippen LogP) is 1.03. The molecule has 10 heteroatoms. The van der Waals surface area contributed by atoms with E-state index in [4.69, 9.17) is 9.47 Å². The second-order valence-electron chi connectivity index (χ2n) is 7.83. The second kappa shape index (κ2) is 10.7. The van der Waals surface area contributed by atoms with Gasteiger partial charge in [0.1, 0.15) is 6.04 Å². The standard InChI is InChI=1S/C22H30N6O4/c1-14-6-5-7-16(12-14)13-18(23-15(2)29)19(30)24-17-8-10-28(11-9-17)20-25-21(31-3)27-22(26-20)32-4/h5-7,12,17-18H,8-11,13H2,1-4H3,(H,23,29)(H,24,30). The highest BCUT2D eigenvalue weighted by Crippen LogP contribution is 2.20. The molecule has 1 aromatic carbocycles. The van der Waals surface area contributed by atoms with Crippen molar-refractivity contribution in [3.8, 4) is 12.0 Å². The molecule has 0 aliphatic carbocycles. The van der Waals surface area contributed by atoms with Gasteiger partial charge in [-0.3, -0.25) is 9.59 Å². The molecule has 10 nitrogen and oxygen atoms in total. The molecule has 3 rings (SSSR count). The summed E-state index contributed by atoms with van der Waals surface area (Å²) >= 11 is 0. The minimum absolute atomic E-state index is 0.00172. The van der Waals surface area contributed by atoms with Crippen molar-refractivity contribution in [3.63, 3.8) is 0 Å². The molecule has 1 fully saturated rings. The molecular weight excluding hydrogens is 412 g/mol. The number of nitrogens with one attached hydrogen (secondary N) is 2. The summed E-state index contributed by atoms with van der Waals surface area (Å²) < 4.78 is 10.2. The van der Waals surface area contributed by atoms with Crippen LogP contribution in [0.4, 0.5) is 5.95 Å². The number of methoxy groups -OCH3 is 2. The lowest BCUT2D eigenvalue weighted by Crippen LogP contribution is -2.52. The Labute approximate surface area is 187 Å². The first-order valence-corrected chi connectivity index (χ1v) is 10.6. The van der Waals surface area contributed by atoms with Crippen molar-refractivity contribution in [3.05, 3.63) is 35.4 Å². The molecule has 0 saturated carbocycles. The zero-order chi connectivity index (χ0) is 23.1. The molecule has 1 aliphatic heterocycles. The first-order chi connectivity index (χ1) is 15.4. The highest BCUT2D eigenvalue weighted by Gasteiger charge is 2.27. The lowest BCUT2D eigenvalue weighted by Gasteiger charge is -2.33. The third-order valence-electron chi connectivity index (χ3n) is 5.29. The zero-order valence-corrected chi connectivity index (χ0v) is 18.9. The number of ether oxygens (including phenoxy) is 2. The molecule has 1 aliphatic rings. The Hall–Kier alpha value is -3.43. The molecule has 2 aromatic rings. The monoisotopic (exact) mass is 442 g/mol. The van der Waals surface area contributed by atoms with Gasteiger partial charge in [0.25, 0.3) is 0 Å². The maximum atomic E-state index is 12.9. The number of anilines is 1. The molecule has 172 valence electrons. The Morgan fingerprint density at radius 3 is 2.34 bits per heavy atom. The van der Waals surface area contributed by atoms with Crippen molar-refractivity contribution >= 4 is 17.8 Å². The molecule has 1 atom stereocenters. The highest BCUT2D eigenvalue weighted by molar-refractivity contribution is 5.87. The number of amides is 2. The average molecular weight is 443 g/mol. The SMILES string of the molecule is COc1nc(OC)nc(N2CCC(NC(=O)C(Cc3cccc(C)c3)NC(C)=O)CC2)n1. The summed E-state index contributed by atoms with van der Waals surface area (Å²) in [6.07, 6.45) is 1.88. The first kappa shape index (κ1) is 23.2. The van der Waals surface area contributed by atoms with E-state index in [2.05, 4.69) is 25.6 Å². The van der Waals surface area contributed by atoms with Crippen LogP contribution in [0.15, 0.2) is 24.3 Å². The summed E-state index contributed by atoms with van der Waals surface area (Å²) in [4.78, 5) is 39.2. The Morgan fingerprint density at radius 1 is 1.12 bits per heavy atom. The van der Waals surface area contributed by atoms with Gasteiger partial charge in [0.05, 0.1) is 14.2 Å². The van der Waals surface area contributed by atoms with E-state index in [1.165, 1.54) is 21.1 Å². The number of carbonyl (C=O) groups excluding carboxylic acids is 2. The van der Waals surface area contributed by atoms with Crippen molar-refractivity contribution in [2.45, 2.75) is 45.2 Å². The van der Waals surface area contributed by atoms with Gasteiger partial charge in [-0.05, 0) is 25.3 Å². The van der Waals surface area contributed by atoms with E-state index in [-0.39, 0.29) is 29.9 Å². The number of hydrogen-bond donors (Lipinski definition) is 2. The van der Waals surface area contributed by atoms with Crippen LogP contribution in [0.2, 0.25) is 0 Å². The molecule has 0 spiro atoms. The van der Waals surface area contributed by atoms with Crippen LogP contribution in [-0.4, -0.2) is 66.2 Å². The molecule has 2 heterocycles. The lowest BCUT2D eigenvalue weighted by molar-refractivity contribution is -0.128. The van der Waals surface area contributed by atoms with Crippen molar-refractivity contribution in [1.82, 2.24) is 25.6 Å². The van der Waals surface area contributed by atoms with Crippen molar-refractivity contribution in [2.75, 3.05) is 32.2 Å². The van der Waals surface area contributed by atoms with Crippen molar-refractivity contribution < 1.29 is 19.1 Å². The molecule has 0 bridgehead atoms. The van der Waals surface area contributed by atoms with Gasteiger partial charge in [-0.1, -0.05) is 29.8 Å². The van der Waals surface area contributed by atoms with Crippen molar-refractivity contribution in [1.29, 1.82) is 0 Å². The highest BCUT2D eigenvalue weighted by atomic mass is 16.5. The van der Waals surface area contributed by atoms with E-state index in [0.29, 0.717) is 25.5 Å². The summed E-state index contributed by atoms with van der Waals surface area (Å²) in [5.74, 6) is 0.0723. The Kier molecular flexibility index (Phi) is 7.80. The third kappa shape index (κ3) is 6.29. The molecule has 0 radical (unpaired) electrons. The van der Waals surface area contributed by atoms with Crippen LogP contribution in [0.3, 0.4) is 0 Å². The average Bonchev–Trinajstić information content (AvgIpc) is 2.78. The molecule has 1 saturated heterocycles. The molecule has 1 unspecified atom stereocenters. The quantitative estimate of drug-likeness (QED) is 0.622. The second-order valence-corrected chi connectivity index (χ2v) is 7.83. The summed E-state index contributed by atoms with van der Waals surface area (Å²) in [5.41, 5.74) is 2.12. The van der Waals surface area contributed by atoms with E-state index < -0.39 is 6.04 Å². The number of nitrogens with zero attached hydrogens (tertiary/aromatic N) is 4. The summed E-state index contributed by atoms with van der Waals surface area (Å²) in [6, 6.07) is 7.70. The van der Waals surface area contributed by atoms with E-state index in [0.717, 1.165) is 24.0 Å². The van der Waals surface area contributed by atoms with E-state index in [1.54, 1.807) is 0 Å². The van der Waals surface area contributed by atoms with Crippen LogP contribution in [0.5, 0.6) is 12.0 Å². The summed E-state index contributed by atoms with van der Waals surface area (Å²) in [5, 5.41) is 5.87. The molecule has 32 heavy (non-hydrogen) atoms. The van der Waals surface area contributed by atoms with Gasteiger partial charge < -0.3 is 25.0 Å². The lowest BCUT2D eigenvalue weighted by atomic mass is 10.0. The number of aromatic nitrogens is 3. The molecular formula is C22H30N6O4.